The lowest BCUT2D eigenvalue weighted by molar-refractivity contribution is 1.39. The van der Waals surface area contributed by atoms with E-state index in [9.17, 15) is 0 Å². The van der Waals surface area contributed by atoms with E-state index < -0.39 is 0 Å². The molecule has 0 bridgehead atoms. The molecular weight excluding hydrogens is 188 g/mol. The van der Waals surface area contributed by atoms with Crippen LogP contribution in [0.25, 0.3) is 11.1 Å². The quantitative estimate of drug-likeness (QED) is 0.615. The summed E-state index contributed by atoms with van der Waals surface area (Å²) < 4.78 is 1.45. The molecule has 0 aliphatic carbocycles. The highest BCUT2D eigenvalue weighted by Crippen LogP contribution is 1.97. The summed E-state index contributed by atoms with van der Waals surface area (Å²) in [5.41, 5.74) is 4.26. The van der Waals surface area contributed by atoms with E-state index in [1.165, 1.54) is 26.5 Å². The first kappa shape index (κ1) is 13.4. The molecule has 1 heterocycles. The summed E-state index contributed by atoms with van der Waals surface area (Å²) in [5, 5.41) is 3.70. The van der Waals surface area contributed by atoms with Gasteiger partial charge >= 0.3 is 0 Å². The van der Waals surface area contributed by atoms with Crippen LogP contribution in [0.15, 0.2) is 5.38 Å². The summed E-state index contributed by atoms with van der Waals surface area (Å²) in [6, 6.07) is 0. The van der Waals surface area contributed by atoms with Crippen molar-refractivity contribution in [1.29, 1.82) is 0 Å². The Morgan fingerprint density at radius 3 is 1.79 bits per heavy atom. The molecule has 1 aromatic heterocycles. The van der Waals surface area contributed by atoms with Gasteiger partial charge in [-0.3, -0.25) is 0 Å². The molecule has 0 radical (unpaired) electrons. The van der Waals surface area contributed by atoms with Gasteiger partial charge in [0, 0.05) is 4.53 Å². The van der Waals surface area contributed by atoms with Crippen LogP contribution in [0.3, 0.4) is 0 Å². The van der Waals surface area contributed by atoms with Crippen molar-refractivity contribution in [3.63, 3.8) is 0 Å². The first-order chi connectivity index (χ1) is 6.54. The third-order valence-corrected chi connectivity index (χ3v) is 3.25. The number of thiophene rings is 1. The second kappa shape index (κ2) is 6.02. The van der Waals surface area contributed by atoms with Crippen molar-refractivity contribution < 1.29 is 0 Å². The van der Waals surface area contributed by atoms with Crippen LogP contribution < -0.4 is 9.75 Å². The molecule has 0 aliphatic rings. The molecule has 1 rings (SSSR count). The van der Waals surface area contributed by atoms with Gasteiger partial charge in [-0.15, -0.1) is 11.3 Å². The van der Waals surface area contributed by atoms with E-state index in [4.69, 9.17) is 0 Å². The van der Waals surface area contributed by atoms with Crippen LogP contribution in [0.5, 0.6) is 0 Å². The topological polar surface area (TPSA) is 0 Å². The average Bonchev–Trinajstić information content (AvgIpc) is 2.50. The lowest BCUT2D eigenvalue weighted by Crippen LogP contribution is -2.23. The van der Waals surface area contributed by atoms with E-state index in [0.717, 1.165) is 0 Å². The number of hydrogen-bond donors (Lipinski definition) is 0. The summed E-state index contributed by atoms with van der Waals surface area (Å²) in [4.78, 5) is 0. The predicted molar refractivity (Wildman–Crippen MR) is 69.2 cm³/mol. The molecular formula is C13H22S. The SMILES string of the molecule is CC.CC(C)=c1scc(C)c1=C(C)C. The highest BCUT2D eigenvalue weighted by atomic mass is 32.1. The molecule has 1 aromatic rings. The Hall–Kier alpha value is -0.560. The fraction of sp³-hybridized carbons (Fsp3) is 0.538. The average molecular weight is 210 g/mol. The molecule has 0 amide bonds. The van der Waals surface area contributed by atoms with E-state index in [0.29, 0.717) is 0 Å². The highest BCUT2D eigenvalue weighted by Gasteiger charge is 1.96. The smallest absolute Gasteiger partial charge is 0.0331 e. The summed E-state index contributed by atoms with van der Waals surface area (Å²) in [6.07, 6.45) is 0. The summed E-state index contributed by atoms with van der Waals surface area (Å²) in [5.74, 6) is 0. The lowest BCUT2D eigenvalue weighted by atomic mass is 10.1. The number of rotatable bonds is 0. The molecule has 1 heteroatoms. The van der Waals surface area contributed by atoms with Crippen molar-refractivity contribution in [2.24, 2.45) is 0 Å². The van der Waals surface area contributed by atoms with Gasteiger partial charge < -0.3 is 0 Å². The lowest BCUT2D eigenvalue weighted by Gasteiger charge is -1.91. The molecule has 0 saturated heterocycles. The second-order valence-electron chi connectivity index (χ2n) is 3.62. The van der Waals surface area contributed by atoms with Crippen molar-refractivity contribution in [3.8, 4) is 0 Å². The van der Waals surface area contributed by atoms with Gasteiger partial charge in [-0.2, -0.15) is 0 Å². The Bertz CT molecular complexity index is 385. The molecule has 0 spiro atoms. The Labute approximate surface area is 92.0 Å². The normalized spacial score (nSPS) is 9.07. The van der Waals surface area contributed by atoms with Gasteiger partial charge in [-0.1, -0.05) is 25.0 Å². The maximum atomic E-state index is 2.24. The Morgan fingerprint density at radius 1 is 1.00 bits per heavy atom. The Kier molecular flexibility index (Phi) is 5.78. The molecule has 0 atom stereocenters. The van der Waals surface area contributed by atoms with Crippen molar-refractivity contribution in [1.82, 2.24) is 0 Å². The van der Waals surface area contributed by atoms with Gasteiger partial charge in [0.05, 0.1) is 0 Å². The second-order valence-corrected chi connectivity index (χ2v) is 4.50. The largest absolute Gasteiger partial charge is 0.144 e. The van der Waals surface area contributed by atoms with Crippen LogP contribution in [0.2, 0.25) is 0 Å². The first-order valence-corrected chi connectivity index (χ1v) is 6.11. The number of aryl methyl sites for hydroxylation is 1. The standard InChI is InChI=1S/C11H16S.C2H6/c1-7(2)10-9(5)6-12-11(10)8(3)4;1-2/h6H,1-5H3;1-2H3. The van der Waals surface area contributed by atoms with Crippen LogP contribution in [0.4, 0.5) is 0 Å². The maximum absolute atomic E-state index is 2.24. The fourth-order valence-corrected chi connectivity index (χ4v) is 2.56. The van der Waals surface area contributed by atoms with Gasteiger partial charge in [0.1, 0.15) is 0 Å². The van der Waals surface area contributed by atoms with E-state index in [-0.39, 0.29) is 0 Å². The molecule has 0 N–H and O–H groups in total. The minimum Gasteiger partial charge on any atom is -0.144 e. The Balaban J connectivity index is 0.000000791. The molecule has 0 aliphatic heterocycles. The number of hydrogen-bond acceptors (Lipinski definition) is 1. The molecule has 0 unspecified atom stereocenters. The minimum absolute atomic E-state index is 1.41. The zero-order chi connectivity index (χ0) is 11.3. The van der Waals surface area contributed by atoms with Crippen molar-refractivity contribution in [2.45, 2.75) is 48.5 Å². The summed E-state index contributed by atoms with van der Waals surface area (Å²) >= 11 is 1.85. The molecule has 80 valence electrons. The van der Waals surface area contributed by atoms with Gasteiger partial charge in [0.2, 0.25) is 0 Å². The van der Waals surface area contributed by atoms with Gasteiger partial charge in [-0.05, 0) is 50.8 Å². The van der Waals surface area contributed by atoms with E-state index in [1.807, 2.05) is 25.2 Å². The van der Waals surface area contributed by atoms with Crippen LogP contribution in [0.1, 0.15) is 47.1 Å². The third kappa shape index (κ3) is 2.98. The van der Waals surface area contributed by atoms with Crippen LogP contribution in [-0.2, 0) is 0 Å². The van der Waals surface area contributed by atoms with E-state index >= 15 is 0 Å². The fourth-order valence-electron chi connectivity index (χ4n) is 1.43. The van der Waals surface area contributed by atoms with Gasteiger partial charge in [0.25, 0.3) is 0 Å². The van der Waals surface area contributed by atoms with E-state index in [1.54, 1.807) is 0 Å². The van der Waals surface area contributed by atoms with Crippen LogP contribution in [0, 0.1) is 6.92 Å². The molecule has 0 aromatic carbocycles. The predicted octanol–water partition coefficient (Wildman–Crippen LogP) is 3.46. The highest BCUT2D eigenvalue weighted by molar-refractivity contribution is 7.08. The summed E-state index contributed by atoms with van der Waals surface area (Å²) in [6.45, 7) is 14.9. The zero-order valence-electron chi connectivity index (χ0n) is 10.5. The van der Waals surface area contributed by atoms with Crippen LogP contribution >= 0.6 is 11.3 Å². The van der Waals surface area contributed by atoms with E-state index in [2.05, 4.69) is 40.0 Å². The van der Waals surface area contributed by atoms with Crippen molar-refractivity contribution in [2.75, 3.05) is 0 Å². The van der Waals surface area contributed by atoms with Crippen molar-refractivity contribution in [3.05, 3.63) is 20.7 Å². The molecule has 0 fully saturated rings. The summed E-state index contributed by atoms with van der Waals surface area (Å²) in [7, 11) is 0. The van der Waals surface area contributed by atoms with Crippen molar-refractivity contribution >= 4 is 22.5 Å². The van der Waals surface area contributed by atoms with Gasteiger partial charge in [-0.25, -0.2) is 0 Å². The minimum atomic E-state index is 1.41. The zero-order valence-corrected chi connectivity index (χ0v) is 11.3. The monoisotopic (exact) mass is 210 g/mol. The third-order valence-electron chi connectivity index (χ3n) is 1.93. The molecule has 0 saturated carbocycles. The Morgan fingerprint density at radius 2 is 1.50 bits per heavy atom. The maximum Gasteiger partial charge on any atom is 0.0331 e. The molecule has 0 nitrogen and oxygen atoms in total. The molecule has 14 heavy (non-hydrogen) atoms. The van der Waals surface area contributed by atoms with Crippen LogP contribution in [-0.4, -0.2) is 0 Å². The van der Waals surface area contributed by atoms with Gasteiger partial charge in [0.15, 0.2) is 0 Å². The first-order valence-electron chi connectivity index (χ1n) is 5.23.